The van der Waals surface area contributed by atoms with Crippen LogP contribution in [0.25, 0.3) is 0 Å². The Hall–Kier alpha value is -2.41. The van der Waals surface area contributed by atoms with E-state index >= 15 is 0 Å². The molecule has 2 aromatic carbocycles. The van der Waals surface area contributed by atoms with Gasteiger partial charge < -0.3 is 11.5 Å². The third-order valence-corrected chi connectivity index (χ3v) is 4.67. The first-order valence-electron chi connectivity index (χ1n) is 5.97. The second-order valence-electron chi connectivity index (χ2n) is 4.47. The summed E-state index contributed by atoms with van der Waals surface area (Å²) in [4.78, 5) is 10.9. The average Bonchev–Trinajstić information content (AvgIpc) is 2.41. The van der Waals surface area contributed by atoms with Crippen molar-refractivity contribution >= 4 is 21.4 Å². The van der Waals surface area contributed by atoms with Crippen molar-refractivity contribution in [3.05, 3.63) is 59.4 Å². The fourth-order valence-corrected chi connectivity index (χ4v) is 3.38. The molecule has 2 rings (SSSR count). The highest BCUT2D eigenvalue weighted by Gasteiger charge is 2.20. The summed E-state index contributed by atoms with van der Waals surface area (Å²) in [6, 6.07) is 9.39. The fraction of sp³-hybridized carbons (Fsp3) is 0.0714. The van der Waals surface area contributed by atoms with Gasteiger partial charge in [-0.25, -0.2) is 12.8 Å². The first-order valence-corrected chi connectivity index (χ1v) is 7.62. The van der Waals surface area contributed by atoms with E-state index < -0.39 is 27.3 Å². The third kappa shape index (κ3) is 3.19. The van der Waals surface area contributed by atoms with Crippen LogP contribution in [0.4, 0.5) is 10.1 Å². The van der Waals surface area contributed by atoms with E-state index in [1.165, 1.54) is 30.3 Å². The maximum atomic E-state index is 13.9. The summed E-state index contributed by atoms with van der Waals surface area (Å²) >= 11 is 0. The van der Waals surface area contributed by atoms with Gasteiger partial charge in [0.2, 0.25) is 5.91 Å². The lowest BCUT2D eigenvalue weighted by atomic mass is 10.1. The molecule has 0 atom stereocenters. The molecule has 0 unspecified atom stereocenters. The van der Waals surface area contributed by atoms with Crippen LogP contribution in [-0.2, 0) is 15.6 Å². The molecule has 0 heterocycles. The number of primary amides is 1. The first kappa shape index (κ1) is 15.0. The molecule has 110 valence electrons. The lowest BCUT2D eigenvalue weighted by molar-refractivity contribution is 0.1000. The highest BCUT2D eigenvalue weighted by atomic mass is 32.2. The van der Waals surface area contributed by atoms with Crippen LogP contribution in [0.3, 0.4) is 0 Å². The van der Waals surface area contributed by atoms with Gasteiger partial charge in [-0.3, -0.25) is 4.79 Å². The Balaban J connectivity index is 2.38. The van der Waals surface area contributed by atoms with E-state index in [0.717, 1.165) is 6.07 Å². The summed E-state index contributed by atoms with van der Waals surface area (Å²) in [7, 11) is -3.78. The predicted octanol–water partition coefficient (Wildman–Crippen LogP) is 1.48. The lowest BCUT2D eigenvalue weighted by Gasteiger charge is -2.08. The standard InChI is InChI=1S/C14H13FN2O3S/c15-11-7-9(14(17)18)5-6-10(11)8-21(19,20)13-4-2-1-3-12(13)16/h1-7H,8,16H2,(H2,17,18). The topological polar surface area (TPSA) is 103 Å². The number of hydrogen-bond donors (Lipinski definition) is 2. The van der Waals surface area contributed by atoms with E-state index in [9.17, 15) is 17.6 Å². The predicted molar refractivity (Wildman–Crippen MR) is 76.7 cm³/mol. The van der Waals surface area contributed by atoms with Gasteiger partial charge >= 0.3 is 0 Å². The molecule has 2 aromatic rings. The van der Waals surface area contributed by atoms with Crippen LogP contribution in [0.2, 0.25) is 0 Å². The summed E-state index contributed by atoms with van der Waals surface area (Å²) in [5.41, 5.74) is 10.7. The molecule has 0 saturated heterocycles. The summed E-state index contributed by atoms with van der Waals surface area (Å²) in [6.45, 7) is 0. The molecule has 4 N–H and O–H groups in total. The van der Waals surface area contributed by atoms with Gasteiger partial charge in [0, 0.05) is 11.1 Å². The van der Waals surface area contributed by atoms with Crippen LogP contribution < -0.4 is 11.5 Å². The van der Waals surface area contributed by atoms with Gasteiger partial charge in [0.1, 0.15) is 5.82 Å². The first-order chi connectivity index (χ1) is 9.81. The number of nitrogen functional groups attached to an aromatic ring is 1. The van der Waals surface area contributed by atoms with E-state index in [4.69, 9.17) is 11.5 Å². The van der Waals surface area contributed by atoms with E-state index in [-0.39, 0.29) is 21.7 Å². The van der Waals surface area contributed by atoms with Crippen LogP contribution in [0.15, 0.2) is 47.4 Å². The minimum Gasteiger partial charge on any atom is -0.398 e. The van der Waals surface area contributed by atoms with Gasteiger partial charge in [-0.2, -0.15) is 0 Å². The maximum Gasteiger partial charge on any atom is 0.248 e. The summed E-state index contributed by atoms with van der Waals surface area (Å²) in [5.74, 6) is -2.13. The molecule has 0 fully saturated rings. The number of sulfone groups is 1. The Kier molecular flexibility index (Phi) is 3.95. The molecule has 0 bridgehead atoms. The van der Waals surface area contributed by atoms with E-state index in [0.29, 0.717) is 0 Å². The van der Waals surface area contributed by atoms with Crippen LogP contribution in [0.1, 0.15) is 15.9 Å². The maximum absolute atomic E-state index is 13.9. The normalized spacial score (nSPS) is 11.3. The van der Waals surface area contributed by atoms with Crippen LogP contribution in [0.5, 0.6) is 0 Å². The molecule has 0 saturated carbocycles. The number of benzene rings is 2. The van der Waals surface area contributed by atoms with Crippen molar-refractivity contribution in [1.29, 1.82) is 0 Å². The Morgan fingerprint density at radius 2 is 1.81 bits per heavy atom. The zero-order chi connectivity index (χ0) is 15.6. The molecule has 0 aliphatic heterocycles. The summed E-state index contributed by atoms with van der Waals surface area (Å²) < 4.78 is 38.4. The molecule has 0 aromatic heterocycles. The fourth-order valence-electron chi connectivity index (χ4n) is 1.86. The highest BCUT2D eigenvalue weighted by molar-refractivity contribution is 7.90. The molecule has 0 spiro atoms. The number of anilines is 1. The zero-order valence-corrected chi connectivity index (χ0v) is 11.7. The number of rotatable bonds is 4. The third-order valence-electron chi connectivity index (χ3n) is 2.94. The average molecular weight is 308 g/mol. The number of halogens is 1. The molecule has 0 radical (unpaired) electrons. The molecule has 7 heteroatoms. The van der Waals surface area contributed by atoms with Gasteiger partial charge in [-0.15, -0.1) is 0 Å². The van der Waals surface area contributed by atoms with Crippen LogP contribution in [0, 0.1) is 5.82 Å². The molecule has 21 heavy (non-hydrogen) atoms. The minimum atomic E-state index is -3.78. The SMILES string of the molecule is NC(=O)c1ccc(CS(=O)(=O)c2ccccc2N)c(F)c1. The van der Waals surface area contributed by atoms with E-state index in [2.05, 4.69) is 0 Å². The van der Waals surface area contributed by atoms with Crippen LogP contribution in [-0.4, -0.2) is 14.3 Å². The zero-order valence-electron chi connectivity index (χ0n) is 10.9. The van der Waals surface area contributed by atoms with Crippen molar-refractivity contribution in [1.82, 2.24) is 0 Å². The number of carbonyl (C=O) groups is 1. The molecular weight excluding hydrogens is 295 g/mol. The van der Waals surface area contributed by atoms with Gasteiger partial charge in [-0.1, -0.05) is 18.2 Å². The van der Waals surface area contributed by atoms with Gasteiger partial charge in [0.05, 0.1) is 16.3 Å². The van der Waals surface area contributed by atoms with Crippen molar-refractivity contribution < 1.29 is 17.6 Å². The van der Waals surface area contributed by atoms with E-state index in [1.54, 1.807) is 6.07 Å². The Labute approximate surface area is 121 Å². The van der Waals surface area contributed by atoms with E-state index in [1.807, 2.05) is 0 Å². The Morgan fingerprint density at radius 1 is 1.14 bits per heavy atom. The number of nitrogens with two attached hydrogens (primary N) is 2. The smallest absolute Gasteiger partial charge is 0.248 e. The van der Waals surface area contributed by atoms with Gasteiger partial charge in [0.25, 0.3) is 0 Å². The molecule has 5 nitrogen and oxygen atoms in total. The van der Waals surface area contributed by atoms with Gasteiger partial charge in [0.15, 0.2) is 9.84 Å². The highest BCUT2D eigenvalue weighted by Crippen LogP contribution is 2.23. The molecule has 0 aliphatic rings. The van der Waals surface area contributed by atoms with Crippen molar-refractivity contribution in [3.63, 3.8) is 0 Å². The molecular formula is C14H13FN2O3S. The monoisotopic (exact) mass is 308 g/mol. The number of para-hydroxylation sites is 1. The second-order valence-corrected chi connectivity index (χ2v) is 6.43. The summed E-state index contributed by atoms with van der Waals surface area (Å²) in [5, 5.41) is 0. The number of carbonyl (C=O) groups excluding carboxylic acids is 1. The molecule has 0 aliphatic carbocycles. The number of amides is 1. The second kappa shape index (κ2) is 5.53. The van der Waals surface area contributed by atoms with Crippen molar-refractivity contribution in [2.24, 2.45) is 5.73 Å². The minimum absolute atomic E-state index is 0.0205. The van der Waals surface area contributed by atoms with Crippen LogP contribution >= 0.6 is 0 Å². The van der Waals surface area contributed by atoms with Gasteiger partial charge in [-0.05, 0) is 24.3 Å². The number of hydrogen-bond acceptors (Lipinski definition) is 4. The van der Waals surface area contributed by atoms with Crippen molar-refractivity contribution in [3.8, 4) is 0 Å². The quantitative estimate of drug-likeness (QED) is 0.835. The summed E-state index contributed by atoms with van der Waals surface area (Å²) in [6.07, 6.45) is 0. The largest absolute Gasteiger partial charge is 0.398 e. The Morgan fingerprint density at radius 3 is 2.38 bits per heavy atom. The van der Waals surface area contributed by atoms with Crippen molar-refractivity contribution in [2.75, 3.05) is 5.73 Å². The lowest BCUT2D eigenvalue weighted by Crippen LogP contribution is -2.13. The molecule has 1 amide bonds. The van der Waals surface area contributed by atoms with Crippen molar-refractivity contribution in [2.45, 2.75) is 10.6 Å². The Bertz CT molecular complexity index is 804.